The number of methoxy groups -OCH3 is 1. The molecule has 0 atom stereocenters. The molecule has 0 aliphatic heterocycles. The van der Waals surface area contributed by atoms with Gasteiger partial charge in [-0.2, -0.15) is 10.2 Å². The number of rotatable bonds is 4. The van der Waals surface area contributed by atoms with Crippen molar-refractivity contribution in [3.8, 4) is 5.75 Å². The summed E-state index contributed by atoms with van der Waals surface area (Å²) in [5, 5.41) is 7.52. The summed E-state index contributed by atoms with van der Waals surface area (Å²) in [5.74, 6) is -0.314. The molecule has 0 heterocycles. The molecule has 0 fully saturated rings. The predicted molar refractivity (Wildman–Crippen MR) is 74.5 cm³/mol. The van der Waals surface area contributed by atoms with Crippen molar-refractivity contribution >= 4 is 12.4 Å². The number of benzene rings is 2. The van der Waals surface area contributed by atoms with Crippen LogP contribution in [-0.2, 0) is 0 Å². The third-order valence-corrected chi connectivity index (χ3v) is 2.55. The number of hydrogen-bond donors (Lipinski definition) is 0. The molecule has 0 aromatic heterocycles. The molecule has 2 rings (SSSR count). The Morgan fingerprint density at radius 3 is 2.30 bits per heavy atom. The van der Waals surface area contributed by atoms with Crippen molar-refractivity contribution in [3.63, 3.8) is 0 Å². The van der Waals surface area contributed by atoms with Crippen LogP contribution in [0.25, 0.3) is 0 Å². The van der Waals surface area contributed by atoms with Gasteiger partial charge in [0.1, 0.15) is 17.4 Å². The lowest BCUT2D eigenvalue weighted by Crippen LogP contribution is -1.90. The number of nitrogens with zero attached hydrogens (tertiary/aromatic N) is 2. The SMILES string of the molecule is COc1ccc(/C=N/N=C/c2ccc(F)cc2)c(F)c1. The molecule has 0 saturated carbocycles. The third kappa shape index (κ3) is 3.71. The monoisotopic (exact) mass is 274 g/mol. The van der Waals surface area contributed by atoms with E-state index in [1.807, 2.05) is 0 Å². The van der Waals surface area contributed by atoms with E-state index in [9.17, 15) is 8.78 Å². The first-order chi connectivity index (χ1) is 9.69. The standard InChI is InChI=1S/C15H12F2N2O/c1-20-14-7-4-12(15(17)8-14)10-19-18-9-11-2-5-13(16)6-3-11/h2-10H,1H3/b18-9+,19-10+. The molecule has 0 aliphatic rings. The van der Waals surface area contributed by atoms with Crippen LogP contribution in [0.15, 0.2) is 52.7 Å². The lowest BCUT2D eigenvalue weighted by atomic mass is 10.2. The molecule has 2 aromatic rings. The van der Waals surface area contributed by atoms with Gasteiger partial charge in [-0.1, -0.05) is 12.1 Å². The second kappa shape index (κ2) is 6.56. The maximum atomic E-state index is 13.6. The van der Waals surface area contributed by atoms with E-state index in [1.54, 1.807) is 24.3 Å². The van der Waals surface area contributed by atoms with E-state index in [0.29, 0.717) is 16.9 Å². The van der Waals surface area contributed by atoms with Crippen molar-refractivity contribution in [3.05, 3.63) is 65.2 Å². The van der Waals surface area contributed by atoms with Gasteiger partial charge in [-0.05, 0) is 29.8 Å². The maximum absolute atomic E-state index is 13.6. The van der Waals surface area contributed by atoms with Crippen LogP contribution < -0.4 is 4.74 Å². The summed E-state index contributed by atoms with van der Waals surface area (Å²) in [5.41, 5.74) is 1.01. The molecule has 0 bridgehead atoms. The molecule has 20 heavy (non-hydrogen) atoms. The molecule has 0 aliphatic carbocycles. The summed E-state index contributed by atoms with van der Waals surface area (Å²) in [6.45, 7) is 0. The molecular formula is C15H12F2N2O. The first-order valence-corrected chi connectivity index (χ1v) is 5.84. The Morgan fingerprint density at radius 2 is 1.65 bits per heavy atom. The molecular weight excluding hydrogens is 262 g/mol. The summed E-state index contributed by atoms with van der Waals surface area (Å²) in [6.07, 6.45) is 2.76. The van der Waals surface area contributed by atoms with Gasteiger partial charge in [-0.25, -0.2) is 8.78 Å². The van der Waals surface area contributed by atoms with Crippen LogP contribution in [0.2, 0.25) is 0 Å². The summed E-state index contributed by atoms with van der Waals surface area (Å²) >= 11 is 0. The quantitative estimate of drug-likeness (QED) is 0.621. The van der Waals surface area contributed by atoms with Crippen LogP contribution in [0.4, 0.5) is 8.78 Å². The maximum Gasteiger partial charge on any atom is 0.135 e. The van der Waals surface area contributed by atoms with E-state index in [1.165, 1.54) is 37.7 Å². The van der Waals surface area contributed by atoms with Gasteiger partial charge in [0.05, 0.1) is 19.5 Å². The van der Waals surface area contributed by atoms with E-state index < -0.39 is 5.82 Å². The number of hydrogen-bond acceptors (Lipinski definition) is 3. The van der Waals surface area contributed by atoms with E-state index in [2.05, 4.69) is 10.2 Å². The Bertz CT molecular complexity index is 637. The van der Waals surface area contributed by atoms with Gasteiger partial charge in [0.2, 0.25) is 0 Å². The molecule has 0 saturated heterocycles. The van der Waals surface area contributed by atoms with Gasteiger partial charge in [0, 0.05) is 11.6 Å². The largest absolute Gasteiger partial charge is 0.497 e. The van der Waals surface area contributed by atoms with Crippen molar-refractivity contribution in [2.24, 2.45) is 10.2 Å². The fourth-order valence-electron chi connectivity index (χ4n) is 1.48. The van der Waals surface area contributed by atoms with Gasteiger partial charge in [0.25, 0.3) is 0 Å². The minimum Gasteiger partial charge on any atom is -0.497 e. The van der Waals surface area contributed by atoms with Crippen LogP contribution in [0.5, 0.6) is 5.75 Å². The Morgan fingerprint density at radius 1 is 0.950 bits per heavy atom. The van der Waals surface area contributed by atoms with Gasteiger partial charge in [0.15, 0.2) is 0 Å². The molecule has 2 aromatic carbocycles. The normalized spacial score (nSPS) is 11.3. The minimum atomic E-state index is -0.440. The van der Waals surface area contributed by atoms with E-state index in [0.717, 1.165) is 0 Å². The highest BCUT2D eigenvalue weighted by Gasteiger charge is 2.00. The van der Waals surface area contributed by atoms with Crippen molar-refractivity contribution in [2.75, 3.05) is 7.11 Å². The second-order valence-corrected chi connectivity index (χ2v) is 3.93. The van der Waals surface area contributed by atoms with Crippen LogP contribution in [0.3, 0.4) is 0 Å². The van der Waals surface area contributed by atoms with Crippen LogP contribution in [0, 0.1) is 11.6 Å². The van der Waals surface area contributed by atoms with E-state index >= 15 is 0 Å². The summed E-state index contributed by atoms with van der Waals surface area (Å²) in [7, 11) is 1.47. The average Bonchev–Trinajstić information content (AvgIpc) is 2.46. The highest BCUT2D eigenvalue weighted by atomic mass is 19.1. The fourth-order valence-corrected chi connectivity index (χ4v) is 1.48. The van der Waals surface area contributed by atoms with Crippen LogP contribution >= 0.6 is 0 Å². The van der Waals surface area contributed by atoms with Gasteiger partial charge >= 0.3 is 0 Å². The summed E-state index contributed by atoms with van der Waals surface area (Å²) in [6, 6.07) is 10.2. The van der Waals surface area contributed by atoms with Gasteiger partial charge < -0.3 is 4.74 Å². The molecule has 102 valence electrons. The Kier molecular flexibility index (Phi) is 4.55. The predicted octanol–water partition coefficient (Wildman–Crippen LogP) is 3.43. The van der Waals surface area contributed by atoms with Gasteiger partial charge in [-0.3, -0.25) is 0 Å². The Hall–Kier alpha value is -2.56. The first kappa shape index (κ1) is 13.9. The summed E-state index contributed by atoms with van der Waals surface area (Å²) in [4.78, 5) is 0. The molecule has 0 radical (unpaired) electrons. The zero-order valence-corrected chi connectivity index (χ0v) is 10.8. The average molecular weight is 274 g/mol. The zero-order valence-electron chi connectivity index (χ0n) is 10.8. The molecule has 0 spiro atoms. The Balaban J connectivity index is 2.04. The minimum absolute atomic E-state index is 0.307. The lowest BCUT2D eigenvalue weighted by molar-refractivity contribution is 0.411. The molecule has 0 N–H and O–H groups in total. The summed E-state index contributed by atoms with van der Waals surface area (Å²) < 4.78 is 31.1. The highest BCUT2D eigenvalue weighted by molar-refractivity contribution is 5.82. The van der Waals surface area contributed by atoms with E-state index in [-0.39, 0.29) is 5.82 Å². The van der Waals surface area contributed by atoms with Gasteiger partial charge in [-0.15, -0.1) is 0 Å². The fraction of sp³-hybridized carbons (Fsp3) is 0.0667. The van der Waals surface area contributed by atoms with E-state index in [4.69, 9.17) is 4.74 Å². The molecule has 3 nitrogen and oxygen atoms in total. The molecule has 0 amide bonds. The number of halogens is 2. The van der Waals surface area contributed by atoms with Crippen molar-refractivity contribution in [1.82, 2.24) is 0 Å². The number of ether oxygens (including phenoxy) is 1. The third-order valence-electron chi connectivity index (χ3n) is 2.55. The van der Waals surface area contributed by atoms with Crippen molar-refractivity contribution in [2.45, 2.75) is 0 Å². The topological polar surface area (TPSA) is 34.0 Å². The second-order valence-electron chi connectivity index (χ2n) is 3.93. The highest BCUT2D eigenvalue weighted by Crippen LogP contribution is 2.14. The Labute approximate surface area is 115 Å². The van der Waals surface area contributed by atoms with Crippen molar-refractivity contribution in [1.29, 1.82) is 0 Å². The molecule has 5 heteroatoms. The molecule has 0 unspecified atom stereocenters. The first-order valence-electron chi connectivity index (χ1n) is 5.84. The van der Waals surface area contributed by atoms with Crippen LogP contribution in [0.1, 0.15) is 11.1 Å². The zero-order chi connectivity index (χ0) is 14.4. The van der Waals surface area contributed by atoms with Crippen molar-refractivity contribution < 1.29 is 13.5 Å². The smallest absolute Gasteiger partial charge is 0.135 e. The lowest BCUT2D eigenvalue weighted by Gasteiger charge is -2.00. The van der Waals surface area contributed by atoms with Crippen LogP contribution in [-0.4, -0.2) is 19.5 Å².